The van der Waals surface area contributed by atoms with Crippen molar-refractivity contribution in [1.82, 2.24) is 0 Å². The first-order chi connectivity index (χ1) is 7.22. The molecule has 1 saturated carbocycles. The van der Waals surface area contributed by atoms with Gasteiger partial charge in [0.05, 0.1) is 12.5 Å². The van der Waals surface area contributed by atoms with Crippen LogP contribution in [0.15, 0.2) is 0 Å². The molecule has 0 radical (unpaired) electrons. The number of hydrogen-bond acceptors (Lipinski definition) is 3. The normalized spacial score (nSPS) is 30.5. The molecule has 1 fully saturated rings. The molecule has 15 heavy (non-hydrogen) atoms. The smallest absolute Gasteiger partial charge is 0.309 e. The second kappa shape index (κ2) is 6.11. The lowest BCUT2D eigenvalue weighted by atomic mass is 9.94. The predicted octanol–water partition coefficient (Wildman–Crippen LogP) is 1.98. The molecule has 0 aromatic rings. The molecule has 0 aliphatic heterocycles. The van der Waals surface area contributed by atoms with Crippen LogP contribution < -0.4 is 0 Å². The van der Waals surface area contributed by atoms with E-state index in [1.165, 1.54) is 0 Å². The first-order valence-corrected chi connectivity index (χ1v) is 6.00. The Bertz CT molecular complexity index is 203. The Morgan fingerprint density at radius 3 is 2.67 bits per heavy atom. The van der Waals surface area contributed by atoms with Gasteiger partial charge in [0.25, 0.3) is 0 Å². The number of esters is 1. The molecule has 0 aromatic heterocycles. The fraction of sp³-hybridized carbons (Fsp3) is 0.917. The van der Waals surface area contributed by atoms with E-state index >= 15 is 0 Å². The largest absolute Gasteiger partial charge is 0.466 e. The summed E-state index contributed by atoms with van der Waals surface area (Å²) in [5.74, 6) is 1.01. The molecule has 0 saturated heterocycles. The number of aliphatic hydroxyl groups is 1. The van der Waals surface area contributed by atoms with Crippen LogP contribution in [-0.2, 0) is 9.53 Å². The maximum Gasteiger partial charge on any atom is 0.309 e. The van der Waals surface area contributed by atoms with E-state index in [0.29, 0.717) is 18.4 Å². The molecule has 3 unspecified atom stereocenters. The monoisotopic (exact) mass is 214 g/mol. The highest BCUT2D eigenvalue weighted by atomic mass is 16.5. The Labute approximate surface area is 91.8 Å². The van der Waals surface area contributed by atoms with Crippen LogP contribution in [0.4, 0.5) is 0 Å². The first kappa shape index (κ1) is 12.5. The Morgan fingerprint density at radius 2 is 2.13 bits per heavy atom. The lowest BCUT2D eigenvalue weighted by Gasteiger charge is -2.15. The molecule has 0 bridgehead atoms. The molecule has 1 aliphatic carbocycles. The van der Waals surface area contributed by atoms with E-state index < -0.39 is 0 Å². The molecule has 3 heteroatoms. The molecular formula is C12H22O3. The zero-order valence-electron chi connectivity index (χ0n) is 9.74. The third kappa shape index (κ3) is 3.20. The highest BCUT2D eigenvalue weighted by Crippen LogP contribution is 2.40. The molecule has 0 amide bonds. The summed E-state index contributed by atoms with van der Waals surface area (Å²) in [5, 5.41) is 8.90. The van der Waals surface area contributed by atoms with Gasteiger partial charge in [-0.2, -0.15) is 0 Å². The van der Waals surface area contributed by atoms with E-state index in [4.69, 9.17) is 9.84 Å². The molecular weight excluding hydrogens is 192 g/mol. The SMILES string of the molecule is CCOC(=O)C1CC(CCO)CC1CC. The fourth-order valence-corrected chi connectivity index (χ4v) is 2.65. The second-order valence-corrected chi connectivity index (χ2v) is 4.38. The molecule has 0 heterocycles. The minimum atomic E-state index is -0.0372. The fourth-order valence-electron chi connectivity index (χ4n) is 2.65. The van der Waals surface area contributed by atoms with Crippen LogP contribution in [0.25, 0.3) is 0 Å². The molecule has 88 valence electrons. The number of ether oxygens (including phenoxy) is 1. The van der Waals surface area contributed by atoms with Crippen molar-refractivity contribution in [3.05, 3.63) is 0 Å². The van der Waals surface area contributed by atoms with Crippen molar-refractivity contribution in [1.29, 1.82) is 0 Å². The summed E-state index contributed by atoms with van der Waals surface area (Å²) in [6, 6.07) is 0. The molecule has 3 nitrogen and oxygen atoms in total. The lowest BCUT2D eigenvalue weighted by molar-refractivity contribution is -0.149. The zero-order chi connectivity index (χ0) is 11.3. The molecule has 0 spiro atoms. The van der Waals surface area contributed by atoms with Crippen LogP contribution in [-0.4, -0.2) is 24.3 Å². The molecule has 1 rings (SSSR count). The van der Waals surface area contributed by atoms with Crippen molar-refractivity contribution in [3.63, 3.8) is 0 Å². The minimum absolute atomic E-state index is 0.0372. The highest BCUT2D eigenvalue weighted by Gasteiger charge is 2.37. The average molecular weight is 214 g/mol. The zero-order valence-corrected chi connectivity index (χ0v) is 9.74. The van der Waals surface area contributed by atoms with Gasteiger partial charge < -0.3 is 9.84 Å². The van der Waals surface area contributed by atoms with Gasteiger partial charge in [-0.05, 0) is 38.0 Å². The molecule has 1 N–H and O–H groups in total. The van der Waals surface area contributed by atoms with Crippen LogP contribution in [0.1, 0.15) is 39.5 Å². The van der Waals surface area contributed by atoms with E-state index in [0.717, 1.165) is 25.7 Å². The third-order valence-electron chi connectivity index (χ3n) is 3.44. The molecule has 0 aromatic carbocycles. The first-order valence-electron chi connectivity index (χ1n) is 6.00. The lowest BCUT2D eigenvalue weighted by Crippen LogP contribution is -2.21. The van der Waals surface area contributed by atoms with Gasteiger partial charge in [0.2, 0.25) is 0 Å². The van der Waals surface area contributed by atoms with Gasteiger partial charge in [0, 0.05) is 6.61 Å². The van der Waals surface area contributed by atoms with Crippen LogP contribution in [0.5, 0.6) is 0 Å². The van der Waals surface area contributed by atoms with E-state index in [2.05, 4.69) is 6.92 Å². The van der Waals surface area contributed by atoms with Gasteiger partial charge in [0.15, 0.2) is 0 Å². The van der Waals surface area contributed by atoms with Crippen molar-refractivity contribution >= 4 is 5.97 Å². The number of rotatable bonds is 5. The Hall–Kier alpha value is -0.570. The predicted molar refractivity (Wildman–Crippen MR) is 58.3 cm³/mol. The van der Waals surface area contributed by atoms with Gasteiger partial charge in [-0.1, -0.05) is 13.3 Å². The maximum absolute atomic E-state index is 11.7. The van der Waals surface area contributed by atoms with Gasteiger partial charge in [-0.15, -0.1) is 0 Å². The highest BCUT2D eigenvalue weighted by molar-refractivity contribution is 5.73. The van der Waals surface area contributed by atoms with Crippen molar-refractivity contribution in [2.45, 2.75) is 39.5 Å². The van der Waals surface area contributed by atoms with Crippen molar-refractivity contribution in [2.75, 3.05) is 13.2 Å². The number of hydrogen-bond donors (Lipinski definition) is 1. The van der Waals surface area contributed by atoms with Gasteiger partial charge in [-0.25, -0.2) is 0 Å². The van der Waals surface area contributed by atoms with Crippen LogP contribution >= 0.6 is 0 Å². The summed E-state index contributed by atoms with van der Waals surface area (Å²) in [4.78, 5) is 11.7. The summed E-state index contributed by atoms with van der Waals surface area (Å²) < 4.78 is 5.08. The van der Waals surface area contributed by atoms with Crippen LogP contribution in [0.3, 0.4) is 0 Å². The standard InChI is InChI=1S/C12H22O3/c1-3-10-7-9(5-6-13)8-11(10)12(14)15-4-2/h9-11,13H,3-8H2,1-2H3. The third-order valence-corrected chi connectivity index (χ3v) is 3.44. The molecule has 1 aliphatic rings. The van der Waals surface area contributed by atoms with Gasteiger partial charge in [0.1, 0.15) is 0 Å². The average Bonchev–Trinajstić information content (AvgIpc) is 2.62. The molecule has 3 atom stereocenters. The Kier molecular flexibility index (Phi) is 5.09. The maximum atomic E-state index is 11.7. The van der Waals surface area contributed by atoms with E-state index in [9.17, 15) is 4.79 Å². The summed E-state index contributed by atoms with van der Waals surface area (Å²) in [6.45, 7) is 4.67. The van der Waals surface area contributed by atoms with Crippen LogP contribution in [0.2, 0.25) is 0 Å². The summed E-state index contributed by atoms with van der Waals surface area (Å²) in [5.41, 5.74) is 0. The van der Waals surface area contributed by atoms with Gasteiger partial charge >= 0.3 is 5.97 Å². The van der Waals surface area contributed by atoms with Crippen molar-refractivity contribution < 1.29 is 14.6 Å². The van der Waals surface area contributed by atoms with E-state index in [1.807, 2.05) is 6.92 Å². The minimum Gasteiger partial charge on any atom is -0.466 e. The van der Waals surface area contributed by atoms with Gasteiger partial charge in [-0.3, -0.25) is 4.79 Å². The topological polar surface area (TPSA) is 46.5 Å². The summed E-state index contributed by atoms with van der Waals surface area (Å²) >= 11 is 0. The summed E-state index contributed by atoms with van der Waals surface area (Å²) in [7, 11) is 0. The summed E-state index contributed by atoms with van der Waals surface area (Å²) in [6.07, 6.45) is 3.83. The number of carbonyl (C=O) groups excluding carboxylic acids is 1. The van der Waals surface area contributed by atoms with Crippen LogP contribution in [0, 0.1) is 17.8 Å². The number of aliphatic hydroxyl groups excluding tert-OH is 1. The quantitative estimate of drug-likeness (QED) is 0.712. The number of carbonyl (C=O) groups is 1. The van der Waals surface area contributed by atoms with Crippen molar-refractivity contribution in [2.24, 2.45) is 17.8 Å². The second-order valence-electron chi connectivity index (χ2n) is 4.38. The Morgan fingerprint density at radius 1 is 1.40 bits per heavy atom. The van der Waals surface area contributed by atoms with E-state index in [-0.39, 0.29) is 18.5 Å². The van der Waals surface area contributed by atoms with E-state index in [1.54, 1.807) is 0 Å². The Balaban J connectivity index is 2.51. The van der Waals surface area contributed by atoms with Crippen molar-refractivity contribution in [3.8, 4) is 0 Å².